The highest BCUT2D eigenvalue weighted by Crippen LogP contribution is 2.40. The zero-order valence-electron chi connectivity index (χ0n) is 13.5. The molecule has 1 saturated heterocycles. The largest absolute Gasteiger partial charge is 0.479 e. The first-order valence-electron chi connectivity index (χ1n) is 8.26. The van der Waals surface area contributed by atoms with Crippen LogP contribution in [-0.4, -0.2) is 40.6 Å². The number of carboxylic acid groups (broad SMARTS) is 2. The van der Waals surface area contributed by atoms with Crippen LogP contribution in [0.25, 0.3) is 0 Å². The minimum atomic E-state index is -1.46. The Labute approximate surface area is 144 Å². The van der Waals surface area contributed by atoms with Gasteiger partial charge in [0.15, 0.2) is 18.5 Å². The van der Waals surface area contributed by atoms with Crippen LogP contribution in [0.3, 0.4) is 0 Å². The highest BCUT2D eigenvalue weighted by Gasteiger charge is 2.48. The van der Waals surface area contributed by atoms with E-state index < -0.39 is 30.4 Å². The van der Waals surface area contributed by atoms with E-state index in [1.165, 1.54) is 5.56 Å². The second-order valence-corrected chi connectivity index (χ2v) is 6.50. The summed E-state index contributed by atoms with van der Waals surface area (Å²) in [5.74, 6) is -2.28. The molecule has 0 unspecified atom stereocenters. The van der Waals surface area contributed by atoms with Gasteiger partial charge in [-0.2, -0.15) is 5.26 Å². The molecule has 0 radical (unpaired) electrons. The second-order valence-electron chi connectivity index (χ2n) is 6.50. The fourth-order valence-corrected chi connectivity index (χ4v) is 3.62. The molecule has 25 heavy (non-hydrogen) atoms. The van der Waals surface area contributed by atoms with Gasteiger partial charge in [0, 0.05) is 5.92 Å². The number of aliphatic carboxylic acids is 2. The Balaban J connectivity index is 1.59. The van der Waals surface area contributed by atoms with E-state index in [0.717, 1.165) is 25.7 Å². The third kappa shape index (κ3) is 3.65. The first kappa shape index (κ1) is 17.4. The van der Waals surface area contributed by atoms with Crippen molar-refractivity contribution in [3.63, 3.8) is 0 Å². The van der Waals surface area contributed by atoms with Crippen molar-refractivity contribution in [3.05, 3.63) is 35.4 Å². The van der Waals surface area contributed by atoms with E-state index in [1.54, 1.807) is 12.1 Å². The molecular weight excluding hydrogens is 326 g/mol. The van der Waals surface area contributed by atoms with E-state index in [1.807, 2.05) is 12.1 Å². The minimum Gasteiger partial charge on any atom is -0.479 e. The summed E-state index contributed by atoms with van der Waals surface area (Å²) in [6, 6.07) is 9.64. The summed E-state index contributed by atoms with van der Waals surface area (Å²) in [6.07, 6.45) is -0.395. The van der Waals surface area contributed by atoms with Gasteiger partial charge in [-0.25, -0.2) is 9.59 Å². The van der Waals surface area contributed by atoms with Crippen molar-refractivity contribution < 1.29 is 29.3 Å². The van der Waals surface area contributed by atoms with E-state index in [-0.39, 0.29) is 5.92 Å². The topological polar surface area (TPSA) is 117 Å². The highest BCUT2D eigenvalue weighted by molar-refractivity contribution is 5.84. The van der Waals surface area contributed by atoms with Gasteiger partial charge >= 0.3 is 11.9 Å². The van der Waals surface area contributed by atoms with Gasteiger partial charge in [0.2, 0.25) is 0 Å². The molecule has 2 fully saturated rings. The summed E-state index contributed by atoms with van der Waals surface area (Å²) in [5.41, 5.74) is 1.81. The summed E-state index contributed by atoms with van der Waals surface area (Å²) in [5, 5.41) is 27.0. The van der Waals surface area contributed by atoms with Crippen molar-refractivity contribution in [2.24, 2.45) is 5.92 Å². The number of hydrogen-bond acceptors (Lipinski definition) is 5. The molecule has 0 amide bonds. The lowest BCUT2D eigenvalue weighted by molar-refractivity contribution is -0.156. The molecular formula is C18H19NO6. The minimum absolute atomic E-state index is 0.0131. The summed E-state index contributed by atoms with van der Waals surface area (Å²) in [6.45, 7) is 0. The van der Waals surface area contributed by atoms with Crippen molar-refractivity contribution >= 4 is 11.9 Å². The number of ether oxygens (including phenoxy) is 2. The summed E-state index contributed by atoms with van der Waals surface area (Å²) in [4.78, 5) is 22.3. The fourth-order valence-electron chi connectivity index (χ4n) is 3.62. The van der Waals surface area contributed by atoms with Crippen LogP contribution in [-0.2, 0) is 19.1 Å². The summed E-state index contributed by atoms with van der Waals surface area (Å²) in [7, 11) is 0. The molecule has 1 aromatic rings. The highest BCUT2D eigenvalue weighted by atomic mass is 16.7. The number of nitriles is 1. The maximum atomic E-state index is 11.1. The quantitative estimate of drug-likeness (QED) is 0.858. The van der Waals surface area contributed by atoms with E-state index in [9.17, 15) is 9.59 Å². The van der Waals surface area contributed by atoms with E-state index in [4.69, 9.17) is 24.9 Å². The van der Waals surface area contributed by atoms with Crippen molar-refractivity contribution in [3.8, 4) is 6.07 Å². The van der Waals surface area contributed by atoms with Crippen molar-refractivity contribution in [2.45, 2.75) is 50.1 Å². The van der Waals surface area contributed by atoms with Crippen LogP contribution < -0.4 is 0 Å². The van der Waals surface area contributed by atoms with Crippen molar-refractivity contribution in [2.75, 3.05) is 0 Å². The molecule has 2 aliphatic rings. The third-order valence-electron chi connectivity index (χ3n) is 4.99. The van der Waals surface area contributed by atoms with Gasteiger partial charge in [-0.3, -0.25) is 0 Å². The maximum Gasteiger partial charge on any atom is 0.336 e. The molecule has 1 aromatic carbocycles. The monoisotopic (exact) mass is 345 g/mol. The Hall–Kier alpha value is -2.43. The van der Waals surface area contributed by atoms with Crippen molar-refractivity contribution in [1.29, 1.82) is 5.26 Å². The van der Waals surface area contributed by atoms with Crippen LogP contribution in [0.15, 0.2) is 24.3 Å². The second kappa shape index (κ2) is 7.21. The number of rotatable bonds is 4. The van der Waals surface area contributed by atoms with Crippen LogP contribution in [0.2, 0.25) is 0 Å². The van der Waals surface area contributed by atoms with Gasteiger partial charge < -0.3 is 19.7 Å². The number of carbonyl (C=O) groups is 2. The Morgan fingerprint density at radius 1 is 0.960 bits per heavy atom. The van der Waals surface area contributed by atoms with E-state index in [0.29, 0.717) is 11.5 Å². The lowest BCUT2D eigenvalue weighted by Gasteiger charge is -2.31. The zero-order valence-corrected chi connectivity index (χ0v) is 13.5. The number of nitrogens with zero attached hydrogens (tertiary/aromatic N) is 1. The van der Waals surface area contributed by atoms with Gasteiger partial charge in [-0.05, 0) is 49.3 Å². The summed E-state index contributed by atoms with van der Waals surface area (Å²) >= 11 is 0. The van der Waals surface area contributed by atoms with E-state index >= 15 is 0 Å². The smallest absolute Gasteiger partial charge is 0.336 e. The first-order valence-corrected chi connectivity index (χ1v) is 8.26. The molecule has 3 rings (SSSR count). The van der Waals surface area contributed by atoms with Gasteiger partial charge in [0.1, 0.15) is 0 Å². The Morgan fingerprint density at radius 3 is 1.92 bits per heavy atom. The SMILES string of the molecule is N#Cc1ccc([C@H]2CC[C@H](C3O[C@@H](C(=O)O)[C@H](C(=O)O)O3)CC2)cc1. The lowest BCUT2D eigenvalue weighted by Crippen LogP contribution is -2.36. The molecule has 1 aliphatic heterocycles. The predicted molar refractivity (Wildman–Crippen MR) is 84.7 cm³/mol. The normalized spacial score (nSPS) is 29.9. The molecule has 2 N–H and O–H groups in total. The van der Waals surface area contributed by atoms with Crippen LogP contribution in [0.5, 0.6) is 0 Å². The molecule has 0 aromatic heterocycles. The van der Waals surface area contributed by atoms with Gasteiger partial charge in [-0.1, -0.05) is 12.1 Å². The Morgan fingerprint density at radius 2 is 1.48 bits per heavy atom. The fraction of sp³-hybridized carbons (Fsp3) is 0.500. The molecule has 7 nitrogen and oxygen atoms in total. The van der Waals surface area contributed by atoms with Gasteiger partial charge in [0.25, 0.3) is 0 Å². The molecule has 1 heterocycles. The number of carboxylic acids is 2. The standard InChI is InChI=1S/C18H19NO6/c19-9-10-1-3-11(4-2-10)12-5-7-13(8-6-12)18-24-14(16(20)21)15(25-18)17(22)23/h1-4,12-15,18H,5-8H2,(H,20,21)(H,22,23)/t12-,13-,14-,15-/m1/s1. The van der Waals surface area contributed by atoms with Crippen LogP contribution in [0.4, 0.5) is 0 Å². The molecule has 0 bridgehead atoms. The molecule has 7 heteroatoms. The van der Waals surface area contributed by atoms with Gasteiger partial charge in [0.05, 0.1) is 11.6 Å². The predicted octanol–water partition coefficient (Wildman–Crippen LogP) is 2.11. The zero-order chi connectivity index (χ0) is 18.0. The molecule has 2 atom stereocenters. The van der Waals surface area contributed by atoms with Crippen LogP contribution in [0, 0.1) is 17.2 Å². The third-order valence-corrected chi connectivity index (χ3v) is 4.99. The molecule has 1 saturated carbocycles. The first-order chi connectivity index (χ1) is 12.0. The number of hydrogen-bond donors (Lipinski definition) is 2. The van der Waals surface area contributed by atoms with Crippen LogP contribution in [0.1, 0.15) is 42.7 Å². The molecule has 132 valence electrons. The average molecular weight is 345 g/mol. The molecule has 0 spiro atoms. The maximum absolute atomic E-state index is 11.1. The van der Waals surface area contributed by atoms with Gasteiger partial charge in [-0.15, -0.1) is 0 Å². The van der Waals surface area contributed by atoms with Crippen LogP contribution >= 0.6 is 0 Å². The number of benzene rings is 1. The lowest BCUT2D eigenvalue weighted by atomic mass is 9.78. The molecule has 1 aliphatic carbocycles. The van der Waals surface area contributed by atoms with E-state index in [2.05, 4.69) is 6.07 Å². The van der Waals surface area contributed by atoms with Crippen molar-refractivity contribution in [1.82, 2.24) is 0 Å². The Bertz CT molecular complexity index is 665. The average Bonchev–Trinajstić information content (AvgIpc) is 3.08. The summed E-state index contributed by atoms with van der Waals surface area (Å²) < 4.78 is 10.7. The Kier molecular flexibility index (Phi) is 5.02.